The predicted octanol–water partition coefficient (Wildman–Crippen LogP) is 1.27. The van der Waals surface area contributed by atoms with E-state index in [1.807, 2.05) is 0 Å². The monoisotopic (exact) mass is 390 g/mol. The highest BCUT2D eigenvalue weighted by atomic mass is 32.2. The van der Waals surface area contributed by atoms with Gasteiger partial charge >= 0.3 is 0 Å². The van der Waals surface area contributed by atoms with Crippen molar-refractivity contribution >= 4 is 10.2 Å². The predicted molar refractivity (Wildman–Crippen MR) is 94.8 cm³/mol. The topological polar surface area (TPSA) is 122 Å². The van der Waals surface area contributed by atoms with E-state index in [9.17, 15) is 28.8 Å². The van der Waals surface area contributed by atoms with Crippen molar-refractivity contribution in [2.45, 2.75) is 24.9 Å². The number of benzene rings is 2. The smallest absolute Gasteiger partial charge is 0.283 e. The van der Waals surface area contributed by atoms with Gasteiger partial charge in [0.05, 0.1) is 12.1 Å². The summed E-state index contributed by atoms with van der Waals surface area (Å²) in [5.41, 5.74) is 2.87. The zero-order valence-corrected chi connectivity index (χ0v) is 15.0. The van der Waals surface area contributed by atoms with E-state index in [2.05, 4.69) is 0 Å². The van der Waals surface area contributed by atoms with Crippen molar-refractivity contribution in [2.24, 2.45) is 0 Å². The van der Waals surface area contributed by atoms with Crippen LogP contribution in [-0.2, 0) is 23.1 Å². The summed E-state index contributed by atoms with van der Waals surface area (Å²) in [7, 11) is -3.70. The van der Waals surface area contributed by atoms with Crippen LogP contribution in [0.25, 0.3) is 0 Å². The SMILES string of the molecule is O=S1(=O)N2CCc3cc(O)c(O)cc3C2C2c3cc(O)c(O)cc3CCN21. The Bertz CT molecular complexity index is 1000. The molecule has 2 unspecified atom stereocenters. The zero-order valence-electron chi connectivity index (χ0n) is 14.2. The number of hydrogen-bond donors (Lipinski definition) is 4. The summed E-state index contributed by atoms with van der Waals surface area (Å²) in [6.07, 6.45) is 0.875. The Morgan fingerprint density at radius 2 is 1.07 bits per heavy atom. The molecule has 27 heavy (non-hydrogen) atoms. The molecule has 3 heterocycles. The van der Waals surface area contributed by atoms with Crippen molar-refractivity contribution in [2.75, 3.05) is 13.1 Å². The van der Waals surface area contributed by atoms with Crippen molar-refractivity contribution in [3.8, 4) is 23.0 Å². The molecular formula is C18H18N2O6S. The molecule has 5 rings (SSSR count). The molecule has 0 saturated carbocycles. The van der Waals surface area contributed by atoms with Gasteiger partial charge in [0.1, 0.15) is 0 Å². The lowest BCUT2D eigenvalue weighted by Gasteiger charge is -2.34. The van der Waals surface area contributed by atoms with Crippen LogP contribution in [0.1, 0.15) is 34.3 Å². The van der Waals surface area contributed by atoms with Crippen LogP contribution in [0.4, 0.5) is 0 Å². The molecule has 2 aromatic carbocycles. The first-order chi connectivity index (χ1) is 12.8. The number of phenolic OH excluding ortho intramolecular Hbond substituents is 4. The summed E-state index contributed by atoms with van der Waals surface area (Å²) < 4.78 is 29.1. The highest BCUT2D eigenvalue weighted by Gasteiger charge is 2.55. The third-order valence-corrected chi connectivity index (χ3v) is 7.83. The van der Waals surface area contributed by atoms with Gasteiger partial charge in [0.2, 0.25) is 0 Å². The zero-order chi connectivity index (χ0) is 19.1. The van der Waals surface area contributed by atoms with E-state index in [1.165, 1.54) is 32.9 Å². The van der Waals surface area contributed by atoms with Gasteiger partial charge in [0.25, 0.3) is 10.2 Å². The summed E-state index contributed by atoms with van der Waals surface area (Å²) in [6.45, 7) is 0.549. The van der Waals surface area contributed by atoms with E-state index in [-0.39, 0.29) is 36.1 Å². The van der Waals surface area contributed by atoms with Gasteiger partial charge in [0, 0.05) is 13.1 Å². The Balaban J connectivity index is 1.76. The minimum atomic E-state index is -3.70. The lowest BCUT2D eigenvalue weighted by molar-refractivity contribution is 0.247. The number of fused-ring (bicyclic) bond motifs is 7. The Morgan fingerprint density at radius 3 is 1.48 bits per heavy atom. The summed E-state index contributed by atoms with van der Waals surface area (Å²) in [4.78, 5) is 0. The van der Waals surface area contributed by atoms with Gasteiger partial charge in [-0.25, -0.2) is 0 Å². The largest absolute Gasteiger partial charge is 0.504 e. The number of hydrogen-bond acceptors (Lipinski definition) is 6. The van der Waals surface area contributed by atoms with E-state index in [4.69, 9.17) is 0 Å². The van der Waals surface area contributed by atoms with Crippen LogP contribution in [0.2, 0.25) is 0 Å². The quantitative estimate of drug-likeness (QED) is 0.503. The molecule has 142 valence electrons. The molecule has 0 bridgehead atoms. The van der Waals surface area contributed by atoms with Crippen LogP contribution < -0.4 is 0 Å². The molecule has 3 aliphatic rings. The molecule has 9 heteroatoms. The molecule has 4 N–H and O–H groups in total. The molecule has 1 fully saturated rings. The Hall–Kier alpha value is -2.49. The second-order valence-electron chi connectivity index (χ2n) is 7.20. The molecule has 0 aliphatic carbocycles. The molecule has 8 nitrogen and oxygen atoms in total. The van der Waals surface area contributed by atoms with E-state index < -0.39 is 22.3 Å². The molecule has 1 saturated heterocycles. The van der Waals surface area contributed by atoms with Gasteiger partial charge in [-0.05, 0) is 59.4 Å². The Morgan fingerprint density at radius 1 is 0.704 bits per heavy atom. The molecule has 0 spiro atoms. The first-order valence-corrected chi connectivity index (χ1v) is 10.1. The lowest BCUT2D eigenvalue weighted by atomic mass is 9.82. The van der Waals surface area contributed by atoms with E-state index >= 15 is 0 Å². The third kappa shape index (κ3) is 2.13. The van der Waals surface area contributed by atoms with Crippen LogP contribution in [0.3, 0.4) is 0 Å². The molecule has 0 radical (unpaired) electrons. The van der Waals surface area contributed by atoms with Gasteiger partial charge < -0.3 is 20.4 Å². The highest BCUT2D eigenvalue weighted by molar-refractivity contribution is 7.87. The maximum absolute atomic E-state index is 13.1. The average molecular weight is 390 g/mol. The minimum Gasteiger partial charge on any atom is -0.504 e. The fourth-order valence-electron chi connectivity index (χ4n) is 4.61. The Labute approximate surface area is 155 Å². The van der Waals surface area contributed by atoms with Crippen molar-refractivity contribution in [3.63, 3.8) is 0 Å². The third-order valence-electron chi connectivity index (χ3n) is 5.83. The Kier molecular flexibility index (Phi) is 3.26. The molecular weight excluding hydrogens is 372 g/mol. The van der Waals surface area contributed by atoms with Gasteiger partial charge in [-0.1, -0.05) is 0 Å². The summed E-state index contributed by atoms with van der Waals surface area (Å²) in [5, 5.41) is 39.6. The maximum Gasteiger partial charge on any atom is 0.283 e. The van der Waals surface area contributed by atoms with Crippen LogP contribution in [0.5, 0.6) is 23.0 Å². The lowest BCUT2D eigenvalue weighted by Crippen LogP contribution is -2.38. The number of nitrogens with zero attached hydrogens (tertiary/aromatic N) is 2. The van der Waals surface area contributed by atoms with Gasteiger partial charge in [-0.2, -0.15) is 17.0 Å². The summed E-state index contributed by atoms with van der Waals surface area (Å²) >= 11 is 0. The first kappa shape index (κ1) is 16.7. The summed E-state index contributed by atoms with van der Waals surface area (Å²) in [5.74, 6) is -1.05. The minimum absolute atomic E-state index is 0.230. The van der Waals surface area contributed by atoms with Gasteiger partial charge in [-0.15, -0.1) is 0 Å². The van der Waals surface area contributed by atoms with Crippen molar-refractivity contribution in [1.29, 1.82) is 0 Å². The number of aromatic hydroxyl groups is 4. The number of phenols is 4. The standard InChI is InChI=1S/C18H18N2O6S/c21-13-5-9-1-3-19-17(11(9)7-15(13)23)18-12-8-16(24)14(22)6-10(12)2-4-20(18)27(19,25)26/h5-8,17-18,21-24H,1-4H2. The maximum atomic E-state index is 13.1. The molecule has 3 aliphatic heterocycles. The van der Waals surface area contributed by atoms with Crippen molar-refractivity contribution in [1.82, 2.24) is 8.61 Å². The normalized spacial score (nSPS) is 26.1. The fourth-order valence-corrected chi connectivity index (χ4v) is 6.56. The number of rotatable bonds is 0. The molecule has 0 amide bonds. The molecule has 0 aromatic heterocycles. The van der Waals surface area contributed by atoms with Gasteiger partial charge in [0.15, 0.2) is 23.0 Å². The summed E-state index contributed by atoms with van der Waals surface area (Å²) in [6, 6.07) is 4.66. The van der Waals surface area contributed by atoms with Crippen molar-refractivity contribution in [3.05, 3.63) is 46.5 Å². The van der Waals surface area contributed by atoms with Crippen molar-refractivity contribution < 1.29 is 28.8 Å². The average Bonchev–Trinajstić information content (AvgIpc) is 2.85. The van der Waals surface area contributed by atoms with E-state index in [0.29, 0.717) is 24.0 Å². The molecule has 2 aromatic rings. The second kappa shape index (κ2) is 5.28. The van der Waals surface area contributed by atoms with Crippen LogP contribution in [0, 0.1) is 0 Å². The van der Waals surface area contributed by atoms with E-state index in [1.54, 1.807) is 0 Å². The first-order valence-electron chi connectivity index (χ1n) is 8.67. The fraction of sp³-hybridized carbons (Fsp3) is 0.333. The second-order valence-corrected chi connectivity index (χ2v) is 9.03. The highest BCUT2D eigenvalue weighted by Crippen LogP contribution is 2.55. The molecule has 2 atom stereocenters. The van der Waals surface area contributed by atoms with Crippen LogP contribution in [-0.4, -0.2) is 50.5 Å². The van der Waals surface area contributed by atoms with E-state index in [0.717, 1.165) is 11.1 Å². The van der Waals surface area contributed by atoms with Gasteiger partial charge in [-0.3, -0.25) is 0 Å². The van der Waals surface area contributed by atoms with Crippen LogP contribution >= 0.6 is 0 Å². The van der Waals surface area contributed by atoms with Crippen LogP contribution in [0.15, 0.2) is 24.3 Å².